The Bertz CT molecular complexity index is 731. The highest BCUT2D eigenvalue weighted by atomic mass is 19.4. The third kappa shape index (κ3) is 3.98. The number of nitrogens with one attached hydrogen (secondary N) is 1. The summed E-state index contributed by atoms with van der Waals surface area (Å²) >= 11 is 0. The molecule has 2 rings (SSSR count). The summed E-state index contributed by atoms with van der Waals surface area (Å²) in [5.41, 5.74) is -0.352. The van der Waals surface area contributed by atoms with Crippen LogP contribution in [0.4, 0.5) is 18.0 Å². The van der Waals surface area contributed by atoms with Crippen molar-refractivity contribution in [1.29, 1.82) is 0 Å². The van der Waals surface area contributed by atoms with Gasteiger partial charge in [-0.25, -0.2) is 9.59 Å². The van der Waals surface area contributed by atoms with Crippen LogP contribution in [-0.2, 0) is 20.4 Å². The van der Waals surface area contributed by atoms with E-state index < -0.39 is 29.8 Å². The third-order valence-electron chi connectivity index (χ3n) is 4.07. The predicted octanol–water partition coefficient (Wildman–Crippen LogP) is 2.87. The monoisotopic (exact) mass is 372 g/mol. The first-order valence-corrected chi connectivity index (χ1v) is 7.74. The lowest BCUT2D eigenvalue weighted by Crippen LogP contribution is -2.48. The van der Waals surface area contributed by atoms with Crippen molar-refractivity contribution in [3.8, 4) is 0 Å². The van der Waals surface area contributed by atoms with Gasteiger partial charge in [-0.05, 0) is 24.6 Å². The summed E-state index contributed by atoms with van der Waals surface area (Å²) in [4.78, 5) is 25.9. The SMILES string of the molecule is COCCN1C(=O)N[C@@H](c2cccc(C(F)(F)F)c2)C(C(=O)OC)=C1C. The Morgan fingerprint density at radius 1 is 1.31 bits per heavy atom. The van der Waals surface area contributed by atoms with Crippen molar-refractivity contribution in [2.75, 3.05) is 27.4 Å². The molecule has 1 aromatic rings. The molecule has 9 heteroatoms. The van der Waals surface area contributed by atoms with Gasteiger partial charge in [-0.3, -0.25) is 4.90 Å². The number of hydrogen-bond donors (Lipinski definition) is 1. The first-order valence-electron chi connectivity index (χ1n) is 7.74. The van der Waals surface area contributed by atoms with E-state index in [0.717, 1.165) is 12.1 Å². The van der Waals surface area contributed by atoms with Gasteiger partial charge in [0.15, 0.2) is 0 Å². The number of halogens is 3. The molecule has 142 valence electrons. The molecule has 0 aromatic heterocycles. The Morgan fingerprint density at radius 2 is 2.00 bits per heavy atom. The number of methoxy groups -OCH3 is 2. The highest BCUT2D eigenvalue weighted by Crippen LogP contribution is 2.35. The number of ether oxygens (including phenoxy) is 2. The number of benzene rings is 1. The van der Waals surface area contributed by atoms with Crippen LogP contribution in [0, 0.1) is 0 Å². The lowest BCUT2D eigenvalue weighted by Gasteiger charge is -2.35. The Kier molecular flexibility index (Phi) is 5.91. The van der Waals surface area contributed by atoms with E-state index in [9.17, 15) is 22.8 Å². The number of carbonyl (C=O) groups is 2. The summed E-state index contributed by atoms with van der Waals surface area (Å²) in [6, 6.07) is 2.90. The van der Waals surface area contributed by atoms with Crippen LogP contribution in [0.3, 0.4) is 0 Å². The van der Waals surface area contributed by atoms with Crippen LogP contribution in [0.15, 0.2) is 35.5 Å². The topological polar surface area (TPSA) is 67.9 Å². The number of esters is 1. The number of rotatable bonds is 5. The first-order chi connectivity index (χ1) is 12.2. The predicted molar refractivity (Wildman–Crippen MR) is 86.0 cm³/mol. The van der Waals surface area contributed by atoms with Gasteiger partial charge in [-0.2, -0.15) is 13.2 Å². The van der Waals surface area contributed by atoms with Crippen molar-refractivity contribution in [2.45, 2.75) is 19.1 Å². The highest BCUT2D eigenvalue weighted by molar-refractivity contribution is 5.95. The molecule has 0 radical (unpaired) electrons. The molecule has 1 aliphatic heterocycles. The van der Waals surface area contributed by atoms with Gasteiger partial charge < -0.3 is 14.8 Å². The molecule has 1 aromatic carbocycles. The molecule has 0 bridgehead atoms. The Hall–Kier alpha value is -2.55. The fraction of sp³-hybridized carbons (Fsp3) is 0.412. The molecule has 0 fully saturated rings. The Balaban J connectivity index is 2.52. The van der Waals surface area contributed by atoms with Gasteiger partial charge in [0, 0.05) is 12.8 Å². The van der Waals surface area contributed by atoms with Crippen molar-refractivity contribution in [2.24, 2.45) is 0 Å². The van der Waals surface area contributed by atoms with E-state index in [1.54, 1.807) is 6.92 Å². The quantitative estimate of drug-likeness (QED) is 0.807. The molecule has 0 unspecified atom stereocenters. The molecule has 0 aliphatic carbocycles. The zero-order valence-electron chi connectivity index (χ0n) is 14.5. The first kappa shape index (κ1) is 19.8. The average molecular weight is 372 g/mol. The molecular formula is C17H19F3N2O4. The Morgan fingerprint density at radius 3 is 2.58 bits per heavy atom. The van der Waals surface area contributed by atoms with Gasteiger partial charge in [0.05, 0.1) is 37.4 Å². The Labute approximate surface area is 148 Å². The summed E-state index contributed by atoms with van der Waals surface area (Å²) < 4.78 is 48.7. The third-order valence-corrected chi connectivity index (χ3v) is 4.07. The van der Waals surface area contributed by atoms with Gasteiger partial charge >= 0.3 is 18.2 Å². The fourth-order valence-corrected chi connectivity index (χ4v) is 2.75. The van der Waals surface area contributed by atoms with E-state index in [0.29, 0.717) is 5.70 Å². The number of hydrogen-bond acceptors (Lipinski definition) is 4. The van der Waals surface area contributed by atoms with Gasteiger partial charge in [0.25, 0.3) is 0 Å². The number of nitrogens with zero attached hydrogens (tertiary/aromatic N) is 1. The maximum absolute atomic E-state index is 13.0. The minimum Gasteiger partial charge on any atom is -0.466 e. The molecule has 0 saturated heterocycles. The number of alkyl halides is 3. The maximum atomic E-state index is 13.0. The largest absolute Gasteiger partial charge is 0.466 e. The highest BCUT2D eigenvalue weighted by Gasteiger charge is 2.37. The smallest absolute Gasteiger partial charge is 0.416 e. The molecule has 1 aliphatic rings. The van der Waals surface area contributed by atoms with Crippen molar-refractivity contribution in [3.63, 3.8) is 0 Å². The number of urea groups is 1. The second-order valence-electron chi connectivity index (χ2n) is 5.64. The van der Waals surface area contributed by atoms with Crippen molar-refractivity contribution >= 4 is 12.0 Å². The second kappa shape index (κ2) is 7.77. The lowest BCUT2D eigenvalue weighted by molar-refractivity contribution is -0.137. The number of carbonyl (C=O) groups excluding carboxylic acids is 2. The fourth-order valence-electron chi connectivity index (χ4n) is 2.75. The van der Waals surface area contributed by atoms with E-state index in [2.05, 4.69) is 5.32 Å². The molecule has 1 heterocycles. The van der Waals surface area contributed by atoms with E-state index in [4.69, 9.17) is 9.47 Å². The summed E-state index contributed by atoms with van der Waals surface area (Å²) in [6.45, 7) is 1.96. The molecule has 0 spiro atoms. The van der Waals surface area contributed by atoms with Gasteiger partial charge in [-0.1, -0.05) is 12.1 Å². The summed E-state index contributed by atoms with van der Waals surface area (Å²) in [7, 11) is 2.63. The molecule has 26 heavy (non-hydrogen) atoms. The lowest BCUT2D eigenvalue weighted by atomic mass is 9.93. The van der Waals surface area contributed by atoms with Gasteiger partial charge in [0.2, 0.25) is 0 Å². The van der Waals surface area contributed by atoms with Crippen molar-refractivity contribution in [3.05, 3.63) is 46.7 Å². The van der Waals surface area contributed by atoms with Crippen LogP contribution < -0.4 is 5.32 Å². The second-order valence-corrected chi connectivity index (χ2v) is 5.64. The van der Waals surface area contributed by atoms with Crippen LogP contribution >= 0.6 is 0 Å². The summed E-state index contributed by atoms with van der Waals surface area (Å²) in [5.74, 6) is -0.729. The standard InChI is InChI=1S/C17H19F3N2O4/c1-10-13(15(23)26-3)14(21-16(24)22(10)7-8-25-2)11-5-4-6-12(9-11)17(18,19)20/h4-6,9,14H,7-8H2,1-3H3,(H,21,24)/t14-/m0/s1. The maximum Gasteiger partial charge on any atom is 0.416 e. The van der Waals surface area contributed by atoms with Gasteiger partial charge in [-0.15, -0.1) is 0 Å². The zero-order chi connectivity index (χ0) is 19.5. The van der Waals surface area contributed by atoms with E-state index in [1.165, 1.54) is 31.3 Å². The summed E-state index contributed by atoms with van der Waals surface area (Å²) in [5, 5.41) is 2.57. The van der Waals surface area contributed by atoms with Crippen LogP contribution in [-0.4, -0.2) is 44.3 Å². The van der Waals surface area contributed by atoms with Crippen molar-refractivity contribution in [1.82, 2.24) is 10.2 Å². The van der Waals surface area contributed by atoms with Crippen LogP contribution in [0.25, 0.3) is 0 Å². The van der Waals surface area contributed by atoms with Crippen LogP contribution in [0.5, 0.6) is 0 Å². The molecular weight excluding hydrogens is 353 g/mol. The minimum atomic E-state index is -4.54. The molecule has 6 nitrogen and oxygen atoms in total. The number of allylic oxidation sites excluding steroid dienone is 1. The van der Waals surface area contributed by atoms with Crippen molar-refractivity contribution < 1.29 is 32.2 Å². The molecule has 1 N–H and O–H groups in total. The van der Waals surface area contributed by atoms with E-state index in [-0.39, 0.29) is 24.3 Å². The molecule has 2 amide bonds. The molecule has 1 atom stereocenters. The molecule has 0 saturated carbocycles. The zero-order valence-corrected chi connectivity index (χ0v) is 14.5. The number of amides is 2. The van der Waals surface area contributed by atoms with E-state index in [1.807, 2.05) is 0 Å². The van der Waals surface area contributed by atoms with Gasteiger partial charge in [0.1, 0.15) is 0 Å². The van der Waals surface area contributed by atoms with Crippen LogP contribution in [0.2, 0.25) is 0 Å². The summed E-state index contributed by atoms with van der Waals surface area (Å²) in [6.07, 6.45) is -4.54. The minimum absolute atomic E-state index is 0.0718. The van der Waals surface area contributed by atoms with E-state index >= 15 is 0 Å². The van der Waals surface area contributed by atoms with Crippen LogP contribution in [0.1, 0.15) is 24.1 Å². The normalized spacial score (nSPS) is 18.0. The average Bonchev–Trinajstić information content (AvgIpc) is 2.60.